The van der Waals surface area contributed by atoms with Crippen LogP contribution in [-0.2, 0) is 0 Å². The summed E-state index contributed by atoms with van der Waals surface area (Å²) in [6.45, 7) is 1.21. The van der Waals surface area contributed by atoms with Crippen LogP contribution in [0.2, 0.25) is 0 Å². The molecule has 1 atom stereocenters. The highest BCUT2D eigenvalue weighted by atomic mass is 16.6. The third kappa shape index (κ3) is 2.92. The van der Waals surface area contributed by atoms with Crippen LogP contribution in [0.15, 0.2) is 18.2 Å². The maximum atomic E-state index is 6.10. The number of nitrogens with two attached hydrogens (primary N) is 1. The van der Waals surface area contributed by atoms with Crippen LogP contribution < -0.4 is 15.2 Å². The van der Waals surface area contributed by atoms with Crippen molar-refractivity contribution in [1.29, 1.82) is 0 Å². The van der Waals surface area contributed by atoms with Crippen molar-refractivity contribution < 1.29 is 9.47 Å². The van der Waals surface area contributed by atoms with E-state index in [0.29, 0.717) is 13.2 Å². The van der Waals surface area contributed by atoms with Crippen molar-refractivity contribution in [2.24, 2.45) is 5.73 Å². The first-order valence-electron chi connectivity index (χ1n) is 5.90. The van der Waals surface area contributed by atoms with E-state index in [-0.39, 0.29) is 6.04 Å². The Morgan fingerprint density at radius 3 is 2.82 bits per heavy atom. The minimum Gasteiger partial charge on any atom is -0.486 e. The lowest BCUT2D eigenvalue weighted by Gasteiger charge is -2.20. The largest absolute Gasteiger partial charge is 0.486 e. The highest BCUT2D eigenvalue weighted by Gasteiger charge is 2.14. The molecule has 0 saturated heterocycles. The monoisotopic (exact) mass is 231 g/mol. The van der Waals surface area contributed by atoms with E-state index in [1.54, 1.807) is 0 Å². The van der Waals surface area contributed by atoms with Gasteiger partial charge in [-0.2, -0.15) is 0 Å². The van der Waals surface area contributed by atoms with Crippen LogP contribution >= 0.6 is 0 Å². The molecule has 0 fully saturated rings. The molecule has 1 aliphatic heterocycles. The van der Waals surface area contributed by atoms with Crippen LogP contribution in [0.4, 0.5) is 0 Å². The maximum absolute atomic E-state index is 6.10. The Morgan fingerprint density at radius 1 is 1.29 bits per heavy atom. The first-order valence-corrected chi connectivity index (χ1v) is 5.90. The summed E-state index contributed by atoms with van der Waals surface area (Å²) in [5, 5.41) is 0. The lowest BCUT2D eigenvalue weighted by molar-refractivity contribution is 0.171. The van der Waals surface area contributed by atoms with Crippen LogP contribution in [0, 0.1) is 12.3 Å². The summed E-state index contributed by atoms with van der Waals surface area (Å²) in [6.07, 6.45) is 7.84. The van der Waals surface area contributed by atoms with E-state index in [1.165, 1.54) is 0 Å². The summed E-state index contributed by atoms with van der Waals surface area (Å²) in [6, 6.07) is 5.90. The molecule has 90 valence electrons. The predicted octanol–water partition coefficient (Wildman–Crippen LogP) is 2.26. The zero-order valence-electron chi connectivity index (χ0n) is 9.82. The summed E-state index contributed by atoms with van der Waals surface area (Å²) >= 11 is 0. The van der Waals surface area contributed by atoms with Gasteiger partial charge < -0.3 is 15.2 Å². The third-order valence-corrected chi connectivity index (χ3v) is 2.83. The zero-order chi connectivity index (χ0) is 12.1. The lowest BCUT2D eigenvalue weighted by atomic mass is 10.0. The third-order valence-electron chi connectivity index (χ3n) is 2.83. The van der Waals surface area contributed by atoms with E-state index in [9.17, 15) is 0 Å². The fraction of sp³-hybridized carbons (Fsp3) is 0.429. The fourth-order valence-electron chi connectivity index (χ4n) is 1.88. The number of hydrogen-bond acceptors (Lipinski definition) is 3. The quantitative estimate of drug-likeness (QED) is 0.638. The SMILES string of the molecule is C#CCCCC(N)c1ccc2c(c1)OCCO2. The highest BCUT2D eigenvalue weighted by Crippen LogP contribution is 2.32. The van der Waals surface area contributed by atoms with Gasteiger partial charge in [0.15, 0.2) is 11.5 Å². The number of ether oxygens (including phenoxy) is 2. The molecule has 1 unspecified atom stereocenters. The molecule has 1 aromatic rings. The molecule has 3 nitrogen and oxygen atoms in total. The van der Waals surface area contributed by atoms with Crippen molar-refractivity contribution in [3.05, 3.63) is 23.8 Å². The molecule has 1 heterocycles. The molecule has 0 aliphatic carbocycles. The van der Waals surface area contributed by atoms with Gasteiger partial charge in [0.05, 0.1) is 0 Å². The van der Waals surface area contributed by atoms with Crippen molar-refractivity contribution in [3.8, 4) is 23.8 Å². The summed E-state index contributed by atoms with van der Waals surface area (Å²) < 4.78 is 11.0. The minimum absolute atomic E-state index is 0.0131. The smallest absolute Gasteiger partial charge is 0.161 e. The van der Waals surface area contributed by atoms with Crippen LogP contribution in [-0.4, -0.2) is 13.2 Å². The Bertz CT molecular complexity index is 423. The van der Waals surface area contributed by atoms with Gasteiger partial charge in [0, 0.05) is 12.5 Å². The number of benzene rings is 1. The zero-order valence-corrected chi connectivity index (χ0v) is 9.82. The molecule has 2 N–H and O–H groups in total. The van der Waals surface area contributed by atoms with Gasteiger partial charge in [-0.15, -0.1) is 12.3 Å². The van der Waals surface area contributed by atoms with Gasteiger partial charge in [-0.1, -0.05) is 6.07 Å². The van der Waals surface area contributed by atoms with E-state index < -0.39 is 0 Å². The minimum atomic E-state index is 0.0131. The average molecular weight is 231 g/mol. The molecular formula is C14H17NO2. The molecule has 0 bridgehead atoms. The Hall–Kier alpha value is -1.66. The molecule has 0 radical (unpaired) electrons. The number of terminal acetylenes is 1. The lowest BCUT2D eigenvalue weighted by Crippen LogP contribution is -2.16. The van der Waals surface area contributed by atoms with Crippen molar-refractivity contribution in [2.45, 2.75) is 25.3 Å². The van der Waals surface area contributed by atoms with E-state index in [0.717, 1.165) is 36.3 Å². The second-order valence-corrected chi connectivity index (χ2v) is 4.11. The van der Waals surface area contributed by atoms with Gasteiger partial charge >= 0.3 is 0 Å². The summed E-state index contributed by atoms with van der Waals surface area (Å²) in [4.78, 5) is 0. The molecule has 0 aromatic heterocycles. The normalized spacial score (nSPS) is 15.1. The predicted molar refractivity (Wildman–Crippen MR) is 67.0 cm³/mol. The molecular weight excluding hydrogens is 214 g/mol. The van der Waals surface area contributed by atoms with E-state index in [4.69, 9.17) is 21.6 Å². The molecule has 1 aromatic carbocycles. The summed E-state index contributed by atoms with van der Waals surface area (Å²) in [7, 11) is 0. The Labute approximate surface area is 102 Å². The molecule has 1 aliphatic rings. The number of unbranched alkanes of at least 4 members (excludes halogenated alkanes) is 1. The molecule has 3 heteroatoms. The van der Waals surface area contributed by atoms with E-state index in [2.05, 4.69) is 5.92 Å². The first-order chi connectivity index (χ1) is 8.31. The standard InChI is InChI=1S/C14H17NO2/c1-2-3-4-5-12(15)11-6-7-13-14(10-11)17-9-8-16-13/h1,6-7,10,12H,3-5,8-9,15H2. The van der Waals surface area contributed by atoms with Gasteiger partial charge in [-0.25, -0.2) is 0 Å². The van der Waals surface area contributed by atoms with E-state index >= 15 is 0 Å². The average Bonchev–Trinajstić information content (AvgIpc) is 2.38. The van der Waals surface area contributed by atoms with Gasteiger partial charge in [0.25, 0.3) is 0 Å². The molecule has 0 saturated carbocycles. The van der Waals surface area contributed by atoms with Crippen LogP contribution in [0.25, 0.3) is 0 Å². The van der Waals surface area contributed by atoms with E-state index in [1.807, 2.05) is 18.2 Å². The summed E-state index contributed by atoms with van der Waals surface area (Å²) in [5.74, 6) is 4.22. The van der Waals surface area contributed by atoms with Crippen molar-refractivity contribution in [3.63, 3.8) is 0 Å². The number of hydrogen-bond donors (Lipinski definition) is 1. The molecule has 0 spiro atoms. The van der Waals surface area contributed by atoms with Crippen LogP contribution in [0.5, 0.6) is 11.5 Å². The second kappa shape index (κ2) is 5.60. The van der Waals surface area contributed by atoms with Gasteiger partial charge in [-0.3, -0.25) is 0 Å². The second-order valence-electron chi connectivity index (χ2n) is 4.11. The topological polar surface area (TPSA) is 44.5 Å². The van der Waals surface area contributed by atoms with Gasteiger partial charge in [-0.05, 0) is 30.5 Å². The van der Waals surface area contributed by atoms with Crippen LogP contribution in [0.3, 0.4) is 0 Å². The maximum Gasteiger partial charge on any atom is 0.161 e. The Kier molecular flexibility index (Phi) is 3.89. The van der Waals surface area contributed by atoms with Gasteiger partial charge in [0.2, 0.25) is 0 Å². The molecule has 2 rings (SSSR count). The van der Waals surface area contributed by atoms with Crippen molar-refractivity contribution in [1.82, 2.24) is 0 Å². The highest BCUT2D eigenvalue weighted by molar-refractivity contribution is 5.44. The number of rotatable bonds is 4. The Balaban J connectivity index is 2.03. The summed E-state index contributed by atoms with van der Waals surface area (Å²) in [5.41, 5.74) is 7.18. The first kappa shape index (κ1) is 11.8. The number of fused-ring (bicyclic) bond motifs is 1. The molecule has 17 heavy (non-hydrogen) atoms. The molecule has 0 amide bonds. The Morgan fingerprint density at radius 2 is 2.06 bits per heavy atom. The van der Waals surface area contributed by atoms with Gasteiger partial charge in [0.1, 0.15) is 13.2 Å². The fourth-order valence-corrected chi connectivity index (χ4v) is 1.88. The van der Waals surface area contributed by atoms with Crippen molar-refractivity contribution >= 4 is 0 Å². The van der Waals surface area contributed by atoms with Crippen molar-refractivity contribution in [2.75, 3.05) is 13.2 Å². The van der Waals surface area contributed by atoms with Crippen LogP contribution in [0.1, 0.15) is 30.9 Å².